The number of hydrogen-bond donors (Lipinski definition) is 1. The Morgan fingerprint density at radius 1 is 1.03 bits per heavy atom. The number of nitro benzene ring substituents is 1. The molecular formula is C23H21N3O7. The molecule has 0 spiro atoms. The van der Waals surface area contributed by atoms with Gasteiger partial charge in [-0.2, -0.15) is 0 Å². The van der Waals surface area contributed by atoms with Crippen LogP contribution in [0.1, 0.15) is 36.0 Å². The van der Waals surface area contributed by atoms with Crippen molar-refractivity contribution < 1.29 is 28.8 Å². The minimum Gasteiger partial charge on any atom is -0.452 e. The van der Waals surface area contributed by atoms with E-state index < -0.39 is 23.4 Å². The lowest BCUT2D eigenvalue weighted by Gasteiger charge is -2.19. The van der Waals surface area contributed by atoms with Crippen LogP contribution in [0.5, 0.6) is 0 Å². The number of nitrogens with zero attached hydrogens (tertiary/aromatic N) is 2. The lowest BCUT2D eigenvalue weighted by atomic mass is 9.81. The molecule has 1 aliphatic heterocycles. The molecule has 2 aliphatic rings. The van der Waals surface area contributed by atoms with Crippen molar-refractivity contribution in [2.75, 3.05) is 16.8 Å². The second-order valence-corrected chi connectivity index (χ2v) is 7.99. The fraction of sp³-hybridized carbons (Fsp3) is 0.304. The topological polar surface area (TPSA) is 136 Å². The third kappa shape index (κ3) is 4.59. The second kappa shape index (κ2) is 9.19. The van der Waals surface area contributed by atoms with Crippen molar-refractivity contribution >= 4 is 40.8 Å². The van der Waals surface area contributed by atoms with Gasteiger partial charge in [0.2, 0.25) is 11.8 Å². The van der Waals surface area contributed by atoms with Crippen LogP contribution < -0.4 is 10.2 Å². The maximum absolute atomic E-state index is 12.8. The molecule has 2 fully saturated rings. The molecule has 0 radical (unpaired) electrons. The third-order valence-corrected chi connectivity index (χ3v) is 5.86. The molecule has 0 bridgehead atoms. The van der Waals surface area contributed by atoms with Crippen LogP contribution in [0.2, 0.25) is 0 Å². The van der Waals surface area contributed by atoms with Crippen LogP contribution in [-0.4, -0.2) is 35.2 Å². The van der Waals surface area contributed by atoms with E-state index in [2.05, 4.69) is 5.32 Å². The van der Waals surface area contributed by atoms with Crippen LogP contribution >= 0.6 is 0 Å². The highest BCUT2D eigenvalue weighted by molar-refractivity contribution is 6.22. The first kappa shape index (κ1) is 22.1. The summed E-state index contributed by atoms with van der Waals surface area (Å²) in [6.07, 6.45) is 3.21. The van der Waals surface area contributed by atoms with Crippen molar-refractivity contribution in [1.29, 1.82) is 0 Å². The number of benzene rings is 2. The van der Waals surface area contributed by atoms with Crippen LogP contribution in [0.3, 0.4) is 0 Å². The maximum atomic E-state index is 12.8. The Bertz CT molecular complexity index is 1120. The van der Waals surface area contributed by atoms with Gasteiger partial charge in [-0.25, -0.2) is 4.79 Å². The van der Waals surface area contributed by atoms with E-state index in [0.29, 0.717) is 18.5 Å². The van der Waals surface area contributed by atoms with Gasteiger partial charge < -0.3 is 10.1 Å². The van der Waals surface area contributed by atoms with Crippen molar-refractivity contribution in [3.8, 4) is 0 Å². The predicted molar refractivity (Wildman–Crippen MR) is 116 cm³/mol. The molecule has 1 N–H and O–H groups in total. The van der Waals surface area contributed by atoms with Crippen LogP contribution in [0.25, 0.3) is 0 Å². The Morgan fingerprint density at radius 3 is 2.36 bits per heavy atom. The summed E-state index contributed by atoms with van der Waals surface area (Å²) < 4.78 is 5.03. The van der Waals surface area contributed by atoms with E-state index in [-0.39, 0.29) is 40.6 Å². The van der Waals surface area contributed by atoms with E-state index >= 15 is 0 Å². The number of fused-ring (bicyclic) bond motifs is 1. The van der Waals surface area contributed by atoms with Crippen LogP contribution in [0.4, 0.5) is 17.1 Å². The van der Waals surface area contributed by atoms with Gasteiger partial charge in [0.1, 0.15) is 0 Å². The first-order valence-corrected chi connectivity index (χ1v) is 10.5. The normalized spacial score (nSPS) is 19.7. The summed E-state index contributed by atoms with van der Waals surface area (Å²) in [6, 6.07) is 11.3. The van der Waals surface area contributed by atoms with Gasteiger partial charge in [0, 0.05) is 17.8 Å². The van der Waals surface area contributed by atoms with Gasteiger partial charge in [0.15, 0.2) is 6.61 Å². The molecule has 4 rings (SSSR count). The Balaban J connectivity index is 1.39. The van der Waals surface area contributed by atoms with E-state index in [1.807, 2.05) is 0 Å². The molecule has 10 nitrogen and oxygen atoms in total. The number of carbonyl (C=O) groups excluding carboxylic acids is 4. The molecule has 1 heterocycles. The summed E-state index contributed by atoms with van der Waals surface area (Å²) in [5.41, 5.74) is 0.397. The van der Waals surface area contributed by atoms with Gasteiger partial charge in [-0.05, 0) is 37.1 Å². The average molecular weight is 451 g/mol. The highest BCUT2D eigenvalue weighted by Crippen LogP contribution is 2.40. The largest absolute Gasteiger partial charge is 0.452 e. The standard InChI is InChI=1S/C23H21N3O7/c27-20(24-15-6-4-8-17(12-15)26(31)32)13-33-23(30)14-5-3-7-16(11-14)25-21(28)18-9-1-2-10-19(18)22(25)29/h3-8,11-12,18-19H,1-2,9-10,13H2,(H,24,27)/t18-,19-/m0/s1. The molecule has 2 aromatic carbocycles. The van der Waals surface area contributed by atoms with Gasteiger partial charge in [-0.3, -0.25) is 29.4 Å². The van der Waals surface area contributed by atoms with Gasteiger partial charge >= 0.3 is 5.97 Å². The zero-order chi connectivity index (χ0) is 23.5. The Labute approximate surface area is 188 Å². The fourth-order valence-electron chi connectivity index (χ4n) is 4.30. The Kier molecular flexibility index (Phi) is 6.16. The molecule has 2 aromatic rings. The van der Waals surface area contributed by atoms with E-state index in [0.717, 1.165) is 17.7 Å². The predicted octanol–water partition coefficient (Wildman–Crippen LogP) is 3.07. The molecule has 33 heavy (non-hydrogen) atoms. The molecule has 1 aliphatic carbocycles. The first-order valence-electron chi connectivity index (χ1n) is 10.5. The highest BCUT2D eigenvalue weighted by atomic mass is 16.6. The molecule has 3 amide bonds. The number of carbonyl (C=O) groups is 4. The molecule has 2 atom stereocenters. The monoisotopic (exact) mass is 451 g/mol. The van der Waals surface area contributed by atoms with E-state index in [9.17, 15) is 29.3 Å². The number of rotatable bonds is 6. The number of ether oxygens (including phenoxy) is 1. The van der Waals surface area contributed by atoms with E-state index in [4.69, 9.17) is 4.74 Å². The number of esters is 1. The smallest absolute Gasteiger partial charge is 0.338 e. The number of non-ortho nitro benzene ring substituents is 1. The van der Waals surface area contributed by atoms with Crippen molar-refractivity contribution in [2.45, 2.75) is 25.7 Å². The molecule has 1 saturated heterocycles. The summed E-state index contributed by atoms with van der Waals surface area (Å²) in [5.74, 6) is -2.58. The number of nitrogens with one attached hydrogen (secondary N) is 1. The SMILES string of the molecule is O=C(COC(=O)c1cccc(N2C(=O)[C@H]3CCCC[C@@H]3C2=O)c1)Nc1cccc([N+](=O)[O-])c1. The van der Waals surface area contributed by atoms with Crippen LogP contribution in [-0.2, 0) is 19.1 Å². The molecule has 0 aromatic heterocycles. The van der Waals surface area contributed by atoms with Crippen molar-refractivity contribution in [3.63, 3.8) is 0 Å². The van der Waals surface area contributed by atoms with Crippen molar-refractivity contribution in [2.24, 2.45) is 11.8 Å². The number of imide groups is 1. The zero-order valence-corrected chi connectivity index (χ0v) is 17.6. The molecule has 1 saturated carbocycles. The second-order valence-electron chi connectivity index (χ2n) is 7.99. The number of amides is 3. The molecule has 10 heteroatoms. The van der Waals surface area contributed by atoms with E-state index in [1.54, 1.807) is 6.07 Å². The lowest BCUT2D eigenvalue weighted by Crippen LogP contribution is -2.31. The van der Waals surface area contributed by atoms with Crippen LogP contribution in [0.15, 0.2) is 48.5 Å². The lowest BCUT2D eigenvalue weighted by molar-refractivity contribution is -0.384. The molecule has 0 unspecified atom stereocenters. The zero-order valence-electron chi connectivity index (χ0n) is 17.6. The first-order chi connectivity index (χ1) is 15.8. The average Bonchev–Trinajstić information content (AvgIpc) is 3.08. The van der Waals surface area contributed by atoms with Gasteiger partial charge in [0.05, 0.1) is 28.0 Å². The summed E-state index contributed by atoms with van der Waals surface area (Å²) in [5, 5.41) is 13.2. The minimum atomic E-state index is -0.803. The summed E-state index contributed by atoms with van der Waals surface area (Å²) in [4.78, 5) is 61.5. The number of hydrogen-bond acceptors (Lipinski definition) is 7. The van der Waals surface area contributed by atoms with Gasteiger partial charge in [-0.15, -0.1) is 0 Å². The summed E-state index contributed by atoms with van der Waals surface area (Å²) in [6.45, 7) is -0.614. The van der Waals surface area contributed by atoms with Crippen molar-refractivity contribution in [1.82, 2.24) is 0 Å². The number of anilines is 2. The summed E-state index contributed by atoms with van der Waals surface area (Å²) in [7, 11) is 0. The number of nitro groups is 1. The fourth-order valence-corrected chi connectivity index (χ4v) is 4.30. The van der Waals surface area contributed by atoms with Gasteiger partial charge in [0.25, 0.3) is 11.6 Å². The Hall–Kier alpha value is -4.08. The minimum absolute atomic E-state index is 0.0890. The van der Waals surface area contributed by atoms with E-state index in [1.165, 1.54) is 42.5 Å². The highest BCUT2D eigenvalue weighted by Gasteiger charge is 2.48. The maximum Gasteiger partial charge on any atom is 0.338 e. The Morgan fingerprint density at radius 2 is 1.70 bits per heavy atom. The quantitative estimate of drug-likeness (QED) is 0.308. The third-order valence-electron chi connectivity index (χ3n) is 5.86. The van der Waals surface area contributed by atoms with Crippen LogP contribution in [0, 0.1) is 22.0 Å². The summed E-state index contributed by atoms with van der Waals surface area (Å²) >= 11 is 0. The van der Waals surface area contributed by atoms with Crippen molar-refractivity contribution in [3.05, 3.63) is 64.2 Å². The molecular weight excluding hydrogens is 430 g/mol. The molecule has 170 valence electrons. The van der Waals surface area contributed by atoms with Gasteiger partial charge in [-0.1, -0.05) is 25.0 Å².